The Bertz CT molecular complexity index is 1580. The molecule has 2 bridgehead atoms. The standard InChI is InChI=1S/C41H63N5O6/c1-23(2)34(21-44(7)8)43-39(49)28-15-27(16-30(17-28)45(9)10)31-14-12-13-26(38(31)51-11)20-46-37(36(25(4)48)35(22-47)52-46)40(50)42-33-19-29-18-32(24(33)3)41(29,5)6/h12-17,23-25,29,32-37,47-48H,18-22H2,1-11H3,(H,42,50)(H,43,49)/t24-,25-,29+,32-,33-,34+,35-,36-,37-/m0/s1. The molecule has 3 saturated carbocycles. The van der Waals surface area contributed by atoms with Crippen LogP contribution in [0.1, 0.15) is 70.3 Å². The monoisotopic (exact) mass is 721 g/mol. The zero-order valence-electron chi connectivity index (χ0n) is 33.1. The van der Waals surface area contributed by atoms with Gasteiger partial charge in [0.15, 0.2) is 0 Å². The van der Waals surface area contributed by atoms with Crippen LogP contribution in [0.3, 0.4) is 0 Å². The van der Waals surface area contributed by atoms with E-state index in [4.69, 9.17) is 9.57 Å². The van der Waals surface area contributed by atoms with Crippen LogP contribution in [0.5, 0.6) is 5.75 Å². The van der Waals surface area contributed by atoms with Crippen molar-refractivity contribution in [3.05, 3.63) is 47.5 Å². The molecular formula is C41H63N5O6. The summed E-state index contributed by atoms with van der Waals surface area (Å²) in [5.74, 6) is 1.33. The first-order valence-electron chi connectivity index (χ1n) is 18.9. The molecule has 2 aromatic carbocycles. The number of fused-ring (bicyclic) bond motifs is 2. The van der Waals surface area contributed by atoms with Gasteiger partial charge < -0.3 is 35.4 Å². The van der Waals surface area contributed by atoms with Crippen molar-refractivity contribution in [1.82, 2.24) is 20.6 Å². The van der Waals surface area contributed by atoms with Gasteiger partial charge in [0.1, 0.15) is 17.9 Å². The third kappa shape index (κ3) is 7.99. The lowest BCUT2D eigenvalue weighted by Gasteiger charge is -2.62. The molecule has 1 saturated heterocycles. The van der Waals surface area contributed by atoms with E-state index in [-0.39, 0.29) is 48.4 Å². The molecular weight excluding hydrogens is 658 g/mol. The van der Waals surface area contributed by atoms with E-state index >= 15 is 0 Å². The number of benzene rings is 2. The predicted octanol–water partition coefficient (Wildman–Crippen LogP) is 4.40. The highest BCUT2D eigenvalue weighted by Crippen LogP contribution is 2.61. The largest absolute Gasteiger partial charge is 0.496 e. The summed E-state index contributed by atoms with van der Waals surface area (Å²) in [6.45, 7) is 13.3. The topological polar surface area (TPSA) is 127 Å². The van der Waals surface area contributed by atoms with Crippen LogP contribution < -0.4 is 20.3 Å². The van der Waals surface area contributed by atoms with Crippen molar-refractivity contribution < 1.29 is 29.4 Å². The quantitative estimate of drug-likeness (QED) is 0.225. The average molecular weight is 722 g/mol. The lowest BCUT2D eigenvalue weighted by Crippen LogP contribution is -2.62. The molecule has 3 aliphatic carbocycles. The zero-order chi connectivity index (χ0) is 38.2. The number of carbonyl (C=O) groups is 2. The second-order valence-electron chi connectivity index (χ2n) is 17.0. The van der Waals surface area contributed by atoms with Crippen molar-refractivity contribution in [2.45, 2.75) is 91.3 Å². The van der Waals surface area contributed by atoms with Gasteiger partial charge in [-0.3, -0.25) is 14.4 Å². The normalized spacial score (nSPS) is 27.9. The number of para-hydroxylation sites is 1. The number of methoxy groups -OCH3 is 1. The summed E-state index contributed by atoms with van der Waals surface area (Å²) in [6, 6.07) is 10.8. The summed E-state index contributed by atoms with van der Waals surface area (Å²) in [5, 5.41) is 29.5. The molecule has 11 nitrogen and oxygen atoms in total. The van der Waals surface area contributed by atoms with Crippen molar-refractivity contribution in [2.75, 3.05) is 53.4 Å². The van der Waals surface area contributed by atoms with Gasteiger partial charge in [0.05, 0.1) is 26.4 Å². The van der Waals surface area contributed by atoms with Gasteiger partial charge in [-0.15, -0.1) is 0 Å². The Balaban J connectivity index is 1.45. The minimum absolute atomic E-state index is 0.0236. The summed E-state index contributed by atoms with van der Waals surface area (Å²) in [5.41, 5.74) is 4.06. The maximum atomic E-state index is 14.2. The number of aliphatic hydroxyl groups excluding tert-OH is 2. The third-order valence-electron chi connectivity index (χ3n) is 12.4. The number of amides is 2. The molecule has 0 spiro atoms. The Labute approximate surface area is 311 Å². The van der Waals surface area contributed by atoms with E-state index in [0.29, 0.717) is 29.1 Å². The molecule has 11 heteroatoms. The summed E-state index contributed by atoms with van der Waals surface area (Å²) >= 11 is 0. The molecule has 0 unspecified atom stereocenters. The van der Waals surface area contributed by atoms with Crippen LogP contribution in [0, 0.1) is 35.0 Å². The van der Waals surface area contributed by atoms with Crippen molar-refractivity contribution in [1.29, 1.82) is 0 Å². The Kier molecular flexibility index (Phi) is 12.3. The molecule has 9 atom stereocenters. The molecule has 4 N–H and O–H groups in total. The van der Waals surface area contributed by atoms with Crippen LogP contribution >= 0.6 is 0 Å². The number of hydrogen-bond donors (Lipinski definition) is 4. The van der Waals surface area contributed by atoms with Gasteiger partial charge in [0, 0.05) is 61.0 Å². The van der Waals surface area contributed by atoms with Gasteiger partial charge in [0.2, 0.25) is 5.91 Å². The summed E-state index contributed by atoms with van der Waals surface area (Å²) in [7, 11) is 9.51. The highest BCUT2D eigenvalue weighted by molar-refractivity contribution is 5.97. The summed E-state index contributed by atoms with van der Waals surface area (Å²) in [6.07, 6.45) is 0.494. The van der Waals surface area contributed by atoms with Gasteiger partial charge in [-0.1, -0.05) is 52.8 Å². The number of likely N-dealkylation sites (N-methyl/N-ethyl adjacent to an activating group) is 1. The molecule has 1 aliphatic heterocycles. The van der Waals surface area contributed by atoms with Gasteiger partial charge in [-0.05, 0) is 86.7 Å². The fraction of sp³-hybridized carbons (Fsp3) is 0.659. The van der Waals surface area contributed by atoms with E-state index in [1.165, 1.54) is 6.42 Å². The van der Waals surface area contributed by atoms with E-state index in [2.05, 4.69) is 50.2 Å². The first-order chi connectivity index (χ1) is 24.5. The molecule has 6 rings (SSSR count). The van der Waals surface area contributed by atoms with Crippen molar-refractivity contribution in [3.63, 3.8) is 0 Å². The van der Waals surface area contributed by atoms with Gasteiger partial charge in [0.25, 0.3) is 5.91 Å². The van der Waals surface area contributed by atoms with Crippen molar-refractivity contribution >= 4 is 17.5 Å². The molecule has 2 aromatic rings. The van der Waals surface area contributed by atoms with Crippen LogP contribution in [0.2, 0.25) is 0 Å². The van der Waals surface area contributed by atoms with Gasteiger partial charge in [-0.25, -0.2) is 0 Å². The van der Waals surface area contributed by atoms with E-state index in [1.807, 2.05) is 69.5 Å². The van der Waals surface area contributed by atoms with E-state index in [9.17, 15) is 19.8 Å². The summed E-state index contributed by atoms with van der Waals surface area (Å²) in [4.78, 5) is 38.3. The first kappa shape index (κ1) is 40.0. The minimum Gasteiger partial charge on any atom is -0.496 e. The second-order valence-corrected chi connectivity index (χ2v) is 17.0. The molecule has 2 amide bonds. The Morgan fingerprint density at radius 3 is 2.37 bits per heavy atom. The fourth-order valence-corrected chi connectivity index (χ4v) is 9.05. The van der Waals surface area contributed by atoms with E-state index in [1.54, 1.807) is 19.1 Å². The first-order valence-corrected chi connectivity index (χ1v) is 18.9. The molecule has 0 aromatic heterocycles. The maximum absolute atomic E-state index is 14.2. The fourth-order valence-electron chi connectivity index (χ4n) is 9.05. The highest BCUT2D eigenvalue weighted by Gasteiger charge is 2.57. The van der Waals surface area contributed by atoms with Gasteiger partial charge in [-0.2, -0.15) is 5.06 Å². The molecule has 288 valence electrons. The number of hydrogen-bond acceptors (Lipinski definition) is 9. The molecule has 4 fully saturated rings. The Morgan fingerprint density at radius 2 is 1.81 bits per heavy atom. The van der Waals surface area contributed by atoms with Crippen molar-refractivity contribution in [2.24, 2.45) is 35.0 Å². The van der Waals surface area contributed by atoms with Gasteiger partial charge >= 0.3 is 0 Å². The third-order valence-corrected chi connectivity index (χ3v) is 12.4. The second kappa shape index (κ2) is 16.0. The highest BCUT2D eigenvalue weighted by atomic mass is 16.7. The number of rotatable bonds is 14. The van der Waals surface area contributed by atoms with Crippen LogP contribution in [-0.4, -0.2) is 111 Å². The Morgan fingerprint density at radius 1 is 1.10 bits per heavy atom. The molecule has 4 aliphatic rings. The Hall–Kier alpha value is -3.22. The molecule has 52 heavy (non-hydrogen) atoms. The lowest BCUT2D eigenvalue weighted by molar-refractivity contribution is -0.183. The average Bonchev–Trinajstić information content (AvgIpc) is 3.46. The van der Waals surface area contributed by atoms with Crippen LogP contribution in [-0.2, 0) is 16.2 Å². The number of anilines is 1. The number of nitrogens with one attached hydrogen (secondary N) is 2. The van der Waals surface area contributed by atoms with E-state index < -0.39 is 24.2 Å². The SMILES string of the molecule is COc1c(CN2O[C@@H](CO)[C@H]([C@H](C)O)[C@H]2C(=O)N[C@H]2C[C@H]3C[C@@H]([C@@H]2C)C3(C)C)cccc1-c1cc(C(=O)N[C@H](CN(C)C)C(C)C)cc(N(C)C)c1. The zero-order valence-corrected chi connectivity index (χ0v) is 33.1. The lowest BCUT2D eigenvalue weighted by atomic mass is 9.45. The predicted molar refractivity (Wildman–Crippen MR) is 205 cm³/mol. The van der Waals surface area contributed by atoms with Crippen LogP contribution in [0.25, 0.3) is 11.1 Å². The summed E-state index contributed by atoms with van der Waals surface area (Å²) < 4.78 is 6.08. The maximum Gasteiger partial charge on any atom is 0.251 e. The molecule has 1 heterocycles. The number of carbonyl (C=O) groups excluding carboxylic acids is 2. The number of ether oxygens (including phenoxy) is 1. The van der Waals surface area contributed by atoms with Crippen LogP contribution in [0.15, 0.2) is 36.4 Å². The minimum atomic E-state index is -0.895. The van der Waals surface area contributed by atoms with Crippen LogP contribution in [0.4, 0.5) is 5.69 Å². The van der Waals surface area contributed by atoms with Crippen molar-refractivity contribution in [3.8, 4) is 16.9 Å². The van der Waals surface area contributed by atoms with E-state index in [0.717, 1.165) is 35.3 Å². The molecule has 0 radical (unpaired) electrons. The number of aliphatic hydroxyl groups is 2. The number of nitrogens with zero attached hydrogens (tertiary/aromatic N) is 3. The number of hydroxylamine groups is 2. The smallest absolute Gasteiger partial charge is 0.251 e.